The van der Waals surface area contributed by atoms with Gasteiger partial charge in [0.05, 0.1) is 6.04 Å². The van der Waals surface area contributed by atoms with Crippen LogP contribution in [-0.2, 0) is 0 Å². The number of nitrogens with two attached hydrogens (primary N) is 1. The van der Waals surface area contributed by atoms with Gasteiger partial charge in [-0.25, -0.2) is 5.43 Å². The fraction of sp³-hybridized carbons (Fsp3) is 0.250. The minimum Gasteiger partial charge on any atom is -0.271 e. The van der Waals surface area contributed by atoms with Crippen molar-refractivity contribution in [2.75, 3.05) is 0 Å². The Balaban J connectivity index is 2.55. The third kappa shape index (κ3) is 3.07. The van der Waals surface area contributed by atoms with Gasteiger partial charge in [-0.3, -0.25) is 5.84 Å². The van der Waals surface area contributed by atoms with Crippen LogP contribution in [0.1, 0.15) is 33.9 Å². The van der Waals surface area contributed by atoms with Crippen molar-refractivity contribution >= 4 is 27.5 Å². The molecule has 0 aliphatic carbocycles. The maximum Gasteiger partial charge on any atom is 0.0727 e. The lowest BCUT2D eigenvalue weighted by molar-refractivity contribution is 0.633. The van der Waals surface area contributed by atoms with Gasteiger partial charge >= 0.3 is 0 Å². The van der Waals surface area contributed by atoms with Crippen LogP contribution < -0.4 is 11.3 Å². The van der Waals surface area contributed by atoms with Gasteiger partial charge < -0.3 is 0 Å². The smallest absolute Gasteiger partial charge is 0.0727 e. The van der Waals surface area contributed by atoms with Gasteiger partial charge in [0.25, 0.3) is 0 Å². The van der Waals surface area contributed by atoms with Crippen LogP contribution >= 0.6 is 27.5 Å². The molecule has 1 atom stereocenters. The number of nitrogens with one attached hydrogen (secondary N) is 1. The quantitative estimate of drug-likeness (QED) is 0.626. The van der Waals surface area contributed by atoms with Gasteiger partial charge in [0.1, 0.15) is 0 Å². The molecule has 2 nitrogen and oxygen atoms in total. The molecule has 0 bridgehead atoms. The zero-order chi connectivity index (χ0) is 14.9. The average Bonchev–Trinajstić information content (AvgIpc) is 2.38. The van der Waals surface area contributed by atoms with Crippen LogP contribution in [-0.4, -0.2) is 0 Å². The predicted octanol–water partition coefficient (Wildman–Crippen LogP) is 4.58. The zero-order valence-electron chi connectivity index (χ0n) is 11.8. The van der Waals surface area contributed by atoms with Gasteiger partial charge in [0.15, 0.2) is 0 Å². The van der Waals surface area contributed by atoms with Crippen molar-refractivity contribution in [1.82, 2.24) is 5.43 Å². The van der Waals surface area contributed by atoms with Crippen molar-refractivity contribution in [2.45, 2.75) is 26.8 Å². The fourth-order valence-corrected chi connectivity index (χ4v) is 3.16. The molecule has 0 saturated heterocycles. The summed E-state index contributed by atoms with van der Waals surface area (Å²) in [6, 6.07) is 10.1. The van der Waals surface area contributed by atoms with E-state index in [1.165, 1.54) is 16.7 Å². The molecule has 0 saturated carbocycles. The Morgan fingerprint density at radius 2 is 1.65 bits per heavy atom. The Bertz CT molecular complexity index is 641. The molecule has 2 rings (SSSR count). The van der Waals surface area contributed by atoms with E-state index in [9.17, 15) is 0 Å². The van der Waals surface area contributed by atoms with E-state index in [2.05, 4.69) is 54.3 Å². The summed E-state index contributed by atoms with van der Waals surface area (Å²) < 4.78 is 0.957. The molecule has 0 radical (unpaired) electrons. The first-order valence-electron chi connectivity index (χ1n) is 6.43. The molecule has 2 aromatic carbocycles. The van der Waals surface area contributed by atoms with Crippen LogP contribution in [0.3, 0.4) is 0 Å². The van der Waals surface area contributed by atoms with Gasteiger partial charge in [0.2, 0.25) is 0 Å². The maximum absolute atomic E-state index is 6.35. The van der Waals surface area contributed by atoms with E-state index in [0.29, 0.717) is 5.02 Å². The predicted molar refractivity (Wildman–Crippen MR) is 89.0 cm³/mol. The summed E-state index contributed by atoms with van der Waals surface area (Å²) in [6.07, 6.45) is 0. The number of benzene rings is 2. The summed E-state index contributed by atoms with van der Waals surface area (Å²) in [5, 5.41) is 0.694. The summed E-state index contributed by atoms with van der Waals surface area (Å²) in [7, 11) is 0. The van der Waals surface area contributed by atoms with Crippen molar-refractivity contribution in [3.05, 3.63) is 67.6 Å². The second-order valence-corrected chi connectivity index (χ2v) is 6.38. The second-order valence-electron chi connectivity index (χ2n) is 5.06. The van der Waals surface area contributed by atoms with E-state index < -0.39 is 0 Å². The summed E-state index contributed by atoms with van der Waals surface area (Å²) in [6.45, 7) is 6.32. The summed E-state index contributed by atoms with van der Waals surface area (Å²) >= 11 is 9.77. The molecule has 0 amide bonds. The van der Waals surface area contributed by atoms with E-state index in [0.717, 1.165) is 15.6 Å². The average molecular weight is 354 g/mol. The number of hydrazine groups is 1. The molecule has 106 valence electrons. The summed E-state index contributed by atoms with van der Waals surface area (Å²) in [5.41, 5.74) is 8.75. The third-order valence-electron chi connectivity index (χ3n) is 3.63. The largest absolute Gasteiger partial charge is 0.271 e. The molecule has 0 spiro atoms. The van der Waals surface area contributed by atoms with Crippen LogP contribution in [0.2, 0.25) is 5.02 Å². The standard InChI is InChI=1S/C16H18BrClN2/c1-9-6-11(3)14(7-10(9)2)16(20-19)13-5-4-12(17)8-15(13)18/h4-8,16,20H,19H2,1-3H3. The number of rotatable bonds is 3. The lowest BCUT2D eigenvalue weighted by atomic mass is 9.92. The van der Waals surface area contributed by atoms with Gasteiger partial charge in [-0.2, -0.15) is 0 Å². The molecule has 0 aliphatic rings. The molecule has 3 N–H and O–H groups in total. The van der Waals surface area contributed by atoms with E-state index in [-0.39, 0.29) is 6.04 Å². The van der Waals surface area contributed by atoms with Crippen LogP contribution in [0.5, 0.6) is 0 Å². The van der Waals surface area contributed by atoms with Crippen LogP contribution in [0.25, 0.3) is 0 Å². The molecule has 20 heavy (non-hydrogen) atoms. The van der Waals surface area contributed by atoms with E-state index in [1.807, 2.05) is 18.2 Å². The highest BCUT2D eigenvalue weighted by molar-refractivity contribution is 9.10. The van der Waals surface area contributed by atoms with E-state index in [1.54, 1.807) is 0 Å². The molecule has 0 aliphatic heterocycles. The Morgan fingerprint density at radius 1 is 1.00 bits per heavy atom. The molecule has 1 unspecified atom stereocenters. The minimum absolute atomic E-state index is 0.116. The van der Waals surface area contributed by atoms with Crippen LogP contribution in [0.4, 0.5) is 0 Å². The Morgan fingerprint density at radius 3 is 2.25 bits per heavy atom. The molecule has 0 aromatic heterocycles. The van der Waals surface area contributed by atoms with Crippen molar-refractivity contribution in [1.29, 1.82) is 0 Å². The number of hydrogen-bond acceptors (Lipinski definition) is 2. The second kappa shape index (κ2) is 6.27. The molecule has 0 heterocycles. The Kier molecular flexibility index (Phi) is 4.86. The highest BCUT2D eigenvalue weighted by Gasteiger charge is 2.18. The molecule has 4 heteroatoms. The number of halogens is 2. The van der Waals surface area contributed by atoms with E-state index >= 15 is 0 Å². The minimum atomic E-state index is -0.116. The fourth-order valence-electron chi connectivity index (χ4n) is 2.38. The first-order valence-corrected chi connectivity index (χ1v) is 7.60. The first-order chi connectivity index (χ1) is 9.43. The number of aryl methyl sites for hydroxylation is 3. The molecular weight excluding hydrogens is 336 g/mol. The Hall–Kier alpha value is -0.870. The van der Waals surface area contributed by atoms with Crippen molar-refractivity contribution in [2.24, 2.45) is 5.84 Å². The van der Waals surface area contributed by atoms with Gasteiger partial charge in [-0.15, -0.1) is 0 Å². The molecule has 0 fully saturated rings. The Labute approximate surface area is 133 Å². The molecule has 2 aromatic rings. The van der Waals surface area contributed by atoms with Crippen LogP contribution in [0, 0.1) is 20.8 Å². The number of hydrogen-bond donors (Lipinski definition) is 2. The molecular formula is C16H18BrClN2. The topological polar surface area (TPSA) is 38.0 Å². The monoisotopic (exact) mass is 352 g/mol. The van der Waals surface area contributed by atoms with E-state index in [4.69, 9.17) is 17.4 Å². The third-order valence-corrected chi connectivity index (χ3v) is 4.45. The van der Waals surface area contributed by atoms with Gasteiger partial charge in [-0.05, 0) is 60.7 Å². The summed E-state index contributed by atoms with van der Waals surface area (Å²) in [4.78, 5) is 0. The van der Waals surface area contributed by atoms with Crippen molar-refractivity contribution < 1.29 is 0 Å². The lowest BCUT2D eigenvalue weighted by Crippen LogP contribution is -2.29. The highest BCUT2D eigenvalue weighted by atomic mass is 79.9. The van der Waals surface area contributed by atoms with Crippen molar-refractivity contribution in [3.63, 3.8) is 0 Å². The maximum atomic E-state index is 6.35. The van der Waals surface area contributed by atoms with Crippen molar-refractivity contribution in [3.8, 4) is 0 Å². The lowest BCUT2D eigenvalue weighted by Gasteiger charge is -2.21. The van der Waals surface area contributed by atoms with Gasteiger partial charge in [-0.1, -0.05) is 45.7 Å². The van der Waals surface area contributed by atoms with Gasteiger partial charge in [0, 0.05) is 9.50 Å². The summed E-state index contributed by atoms with van der Waals surface area (Å²) in [5.74, 6) is 5.78. The first kappa shape index (κ1) is 15.5. The SMILES string of the molecule is Cc1cc(C)c(C(NN)c2ccc(Br)cc2Cl)cc1C. The van der Waals surface area contributed by atoms with Crippen LogP contribution in [0.15, 0.2) is 34.8 Å². The normalized spacial score (nSPS) is 12.5. The highest BCUT2D eigenvalue weighted by Crippen LogP contribution is 2.32. The zero-order valence-corrected chi connectivity index (χ0v) is 14.1.